The summed E-state index contributed by atoms with van der Waals surface area (Å²) < 4.78 is 10.8. The Morgan fingerprint density at radius 3 is 2.94 bits per heavy atom. The molecule has 5 heteroatoms. The SMILES string of the molecule is CCOC(CN)CC(=O)N(C)CC1CCCOC1. The zero-order chi connectivity index (χ0) is 13.4. The van der Waals surface area contributed by atoms with Gasteiger partial charge in [0.15, 0.2) is 0 Å². The molecule has 0 spiro atoms. The average Bonchev–Trinajstić information content (AvgIpc) is 2.39. The lowest BCUT2D eigenvalue weighted by atomic mass is 10.0. The molecule has 0 aromatic rings. The van der Waals surface area contributed by atoms with Gasteiger partial charge in [-0.1, -0.05) is 0 Å². The maximum Gasteiger partial charge on any atom is 0.224 e. The summed E-state index contributed by atoms with van der Waals surface area (Å²) in [6.07, 6.45) is 2.45. The third-order valence-electron chi connectivity index (χ3n) is 3.28. The first kappa shape index (κ1) is 15.4. The summed E-state index contributed by atoms with van der Waals surface area (Å²) in [5.74, 6) is 0.570. The quantitative estimate of drug-likeness (QED) is 0.727. The molecule has 1 rings (SSSR count). The van der Waals surface area contributed by atoms with Gasteiger partial charge >= 0.3 is 0 Å². The van der Waals surface area contributed by atoms with Gasteiger partial charge in [-0.15, -0.1) is 0 Å². The molecule has 5 nitrogen and oxygen atoms in total. The standard InChI is InChI=1S/C13H26N2O3/c1-3-18-12(8-14)7-13(16)15(2)9-11-5-4-6-17-10-11/h11-12H,3-10,14H2,1-2H3. The highest BCUT2D eigenvalue weighted by Gasteiger charge is 2.20. The third-order valence-corrected chi connectivity index (χ3v) is 3.28. The van der Waals surface area contributed by atoms with Crippen molar-refractivity contribution in [2.75, 3.05) is 40.0 Å². The van der Waals surface area contributed by atoms with Crippen LogP contribution in [-0.4, -0.2) is 56.9 Å². The van der Waals surface area contributed by atoms with Gasteiger partial charge in [-0.05, 0) is 25.7 Å². The minimum absolute atomic E-state index is 0.101. The minimum Gasteiger partial charge on any atom is -0.381 e. The fourth-order valence-corrected chi connectivity index (χ4v) is 2.24. The highest BCUT2D eigenvalue weighted by Crippen LogP contribution is 2.15. The van der Waals surface area contributed by atoms with Crippen molar-refractivity contribution in [3.63, 3.8) is 0 Å². The van der Waals surface area contributed by atoms with Gasteiger partial charge in [0.2, 0.25) is 5.91 Å². The van der Waals surface area contributed by atoms with Gasteiger partial charge < -0.3 is 20.1 Å². The molecule has 18 heavy (non-hydrogen) atoms. The van der Waals surface area contributed by atoms with E-state index in [1.54, 1.807) is 4.90 Å². The first-order valence-corrected chi connectivity index (χ1v) is 6.80. The molecule has 0 aromatic heterocycles. The smallest absolute Gasteiger partial charge is 0.224 e. The fraction of sp³-hybridized carbons (Fsp3) is 0.923. The van der Waals surface area contributed by atoms with Crippen molar-refractivity contribution in [3.8, 4) is 0 Å². The van der Waals surface area contributed by atoms with Gasteiger partial charge in [-0.3, -0.25) is 4.79 Å². The van der Waals surface area contributed by atoms with E-state index in [-0.39, 0.29) is 12.0 Å². The van der Waals surface area contributed by atoms with E-state index in [0.717, 1.165) is 32.6 Å². The van der Waals surface area contributed by atoms with Crippen LogP contribution in [0.5, 0.6) is 0 Å². The molecule has 1 aliphatic heterocycles. The van der Waals surface area contributed by atoms with Crippen molar-refractivity contribution in [3.05, 3.63) is 0 Å². The van der Waals surface area contributed by atoms with E-state index < -0.39 is 0 Å². The van der Waals surface area contributed by atoms with Gasteiger partial charge in [-0.2, -0.15) is 0 Å². The second-order valence-electron chi connectivity index (χ2n) is 4.87. The topological polar surface area (TPSA) is 64.8 Å². The molecule has 1 aliphatic rings. The van der Waals surface area contributed by atoms with Crippen LogP contribution in [0, 0.1) is 5.92 Å². The van der Waals surface area contributed by atoms with Gasteiger partial charge in [0, 0.05) is 33.4 Å². The van der Waals surface area contributed by atoms with Crippen LogP contribution in [0.1, 0.15) is 26.2 Å². The Balaban J connectivity index is 2.30. The lowest BCUT2D eigenvalue weighted by molar-refractivity contribution is -0.133. The molecule has 1 saturated heterocycles. The van der Waals surface area contributed by atoms with E-state index in [1.165, 1.54) is 0 Å². The number of hydrogen-bond donors (Lipinski definition) is 1. The molecule has 2 atom stereocenters. The van der Waals surface area contributed by atoms with Gasteiger partial charge in [0.25, 0.3) is 0 Å². The lowest BCUT2D eigenvalue weighted by Crippen LogP contribution is -2.38. The molecule has 0 aliphatic carbocycles. The summed E-state index contributed by atoms with van der Waals surface area (Å²) in [6.45, 7) is 5.28. The number of nitrogens with zero attached hydrogens (tertiary/aromatic N) is 1. The van der Waals surface area contributed by atoms with E-state index >= 15 is 0 Å². The van der Waals surface area contributed by atoms with E-state index in [2.05, 4.69) is 0 Å². The van der Waals surface area contributed by atoms with E-state index in [0.29, 0.717) is 25.5 Å². The monoisotopic (exact) mass is 258 g/mol. The molecule has 2 unspecified atom stereocenters. The van der Waals surface area contributed by atoms with Crippen LogP contribution in [0.3, 0.4) is 0 Å². The first-order valence-electron chi connectivity index (χ1n) is 6.80. The van der Waals surface area contributed by atoms with Gasteiger partial charge in [-0.25, -0.2) is 0 Å². The molecule has 0 aromatic carbocycles. The average molecular weight is 258 g/mol. The summed E-state index contributed by atoms with van der Waals surface area (Å²) in [6, 6.07) is 0. The van der Waals surface area contributed by atoms with Gasteiger partial charge in [0.1, 0.15) is 0 Å². The molecule has 1 heterocycles. The lowest BCUT2D eigenvalue weighted by Gasteiger charge is -2.28. The maximum atomic E-state index is 12.0. The molecule has 0 saturated carbocycles. The minimum atomic E-state index is -0.160. The summed E-state index contributed by atoms with van der Waals surface area (Å²) in [4.78, 5) is 13.8. The van der Waals surface area contributed by atoms with Crippen LogP contribution in [-0.2, 0) is 14.3 Å². The number of hydrogen-bond acceptors (Lipinski definition) is 4. The molecule has 1 fully saturated rings. The van der Waals surface area contributed by atoms with Crippen LogP contribution in [0.2, 0.25) is 0 Å². The molecular formula is C13H26N2O3. The zero-order valence-electron chi connectivity index (χ0n) is 11.6. The third kappa shape index (κ3) is 5.33. The Hall–Kier alpha value is -0.650. The summed E-state index contributed by atoms with van der Waals surface area (Å²) >= 11 is 0. The molecule has 0 radical (unpaired) electrons. The number of carbonyl (C=O) groups is 1. The Morgan fingerprint density at radius 2 is 2.39 bits per heavy atom. The van der Waals surface area contributed by atoms with Crippen molar-refractivity contribution < 1.29 is 14.3 Å². The fourth-order valence-electron chi connectivity index (χ4n) is 2.24. The van der Waals surface area contributed by atoms with Crippen LogP contribution in [0.15, 0.2) is 0 Å². The normalized spacial score (nSPS) is 21.6. The van der Waals surface area contributed by atoms with Crippen LogP contribution >= 0.6 is 0 Å². The molecular weight excluding hydrogens is 232 g/mol. The molecule has 2 N–H and O–H groups in total. The highest BCUT2D eigenvalue weighted by molar-refractivity contribution is 5.76. The Bertz CT molecular complexity index is 242. The largest absolute Gasteiger partial charge is 0.381 e. The summed E-state index contributed by atoms with van der Waals surface area (Å²) in [7, 11) is 1.84. The number of ether oxygens (including phenoxy) is 2. The van der Waals surface area contributed by atoms with Crippen molar-refractivity contribution in [1.29, 1.82) is 0 Å². The van der Waals surface area contributed by atoms with Crippen molar-refractivity contribution in [2.45, 2.75) is 32.3 Å². The van der Waals surface area contributed by atoms with E-state index in [4.69, 9.17) is 15.2 Å². The zero-order valence-corrected chi connectivity index (χ0v) is 11.6. The van der Waals surface area contributed by atoms with Crippen molar-refractivity contribution in [1.82, 2.24) is 4.90 Å². The molecule has 1 amide bonds. The van der Waals surface area contributed by atoms with E-state index in [1.807, 2.05) is 14.0 Å². The Kier molecular flexibility index (Phi) is 7.23. The second kappa shape index (κ2) is 8.45. The summed E-state index contributed by atoms with van der Waals surface area (Å²) in [5, 5.41) is 0. The number of rotatable bonds is 7. The first-order chi connectivity index (χ1) is 8.67. The Labute approximate surface area is 110 Å². The van der Waals surface area contributed by atoms with Crippen molar-refractivity contribution >= 4 is 5.91 Å². The number of carbonyl (C=O) groups excluding carboxylic acids is 1. The predicted octanol–water partition coefficient (Wildman–Crippen LogP) is 0.625. The van der Waals surface area contributed by atoms with Gasteiger partial charge in [0.05, 0.1) is 19.1 Å². The summed E-state index contributed by atoms with van der Waals surface area (Å²) in [5.41, 5.74) is 5.58. The predicted molar refractivity (Wildman–Crippen MR) is 70.3 cm³/mol. The van der Waals surface area contributed by atoms with E-state index in [9.17, 15) is 4.79 Å². The molecule has 0 bridgehead atoms. The van der Waals surface area contributed by atoms with Crippen molar-refractivity contribution in [2.24, 2.45) is 11.7 Å². The Morgan fingerprint density at radius 1 is 1.61 bits per heavy atom. The van der Waals surface area contributed by atoms with Crippen LogP contribution in [0.4, 0.5) is 0 Å². The second-order valence-corrected chi connectivity index (χ2v) is 4.87. The van der Waals surface area contributed by atoms with Crippen LogP contribution in [0.25, 0.3) is 0 Å². The maximum absolute atomic E-state index is 12.0. The highest BCUT2D eigenvalue weighted by atomic mass is 16.5. The number of amides is 1. The molecule has 106 valence electrons. The van der Waals surface area contributed by atoms with Crippen LogP contribution < -0.4 is 5.73 Å². The number of nitrogens with two attached hydrogens (primary N) is 1.